The van der Waals surface area contributed by atoms with Gasteiger partial charge in [-0.25, -0.2) is 17.5 Å². The van der Waals surface area contributed by atoms with E-state index < -0.39 is 44.6 Å². The lowest BCUT2D eigenvalue weighted by molar-refractivity contribution is 0.103. The quantitative estimate of drug-likeness (QED) is 0.170. The van der Waals surface area contributed by atoms with Crippen molar-refractivity contribution in [1.82, 2.24) is 14.0 Å². The molecule has 2 atom stereocenters. The summed E-state index contributed by atoms with van der Waals surface area (Å²) in [4.78, 5) is 26.5. The minimum atomic E-state index is -2.80. The van der Waals surface area contributed by atoms with Crippen LogP contribution in [0.1, 0.15) is 67.2 Å². The van der Waals surface area contributed by atoms with Gasteiger partial charge in [-0.1, -0.05) is 18.5 Å². The molecule has 0 fully saturated rings. The van der Waals surface area contributed by atoms with Gasteiger partial charge in [-0.05, 0) is 86.7 Å². The van der Waals surface area contributed by atoms with Crippen LogP contribution in [-0.4, -0.2) is 34.6 Å². The van der Waals surface area contributed by atoms with E-state index in [0.29, 0.717) is 28.7 Å². The summed E-state index contributed by atoms with van der Waals surface area (Å²) in [6.07, 6.45) is 2.35. The maximum Gasteiger partial charge on any atom is 0.250 e. The predicted molar refractivity (Wildman–Crippen MR) is 158 cm³/mol. The van der Waals surface area contributed by atoms with E-state index in [2.05, 4.69) is 9.44 Å². The summed E-state index contributed by atoms with van der Waals surface area (Å²) in [6, 6.07) is 9.31. The number of nitrogens with one attached hydrogen (secondary N) is 2. The van der Waals surface area contributed by atoms with Gasteiger partial charge in [0, 0.05) is 58.9 Å². The highest BCUT2D eigenvalue weighted by atomic mass is 35.5. The molecule has 12 heteroatoms. The van der Waals surface area contributed by atoms with Gasteiger partial charge >= 0.3 is 0 Å². The van der Waals surface area contributed by atoms with Crippen LogP contribution in [0.15, 0.2) is 53.5 Å². The summed E-state index contributed by atoms with van der Waals surface area (Å²) in [6.45, 7) is 7.49. The molecular weight excluding hydrogens is 577 g/mol. The van der Waals surface area contributed by atoms with E-state index in [9.17, 15) is 27.0 Å². The molecule has 40 heavy (non-hydrogen) atoms. The molecule has 216 valence electrons. The topological polar surface area (TPSA) is 120 Å². The highest BCUT2D eigenvalue weighted by Gasteiger charge is 2.31. The Morgan fingerprint density at radius 1 is 1.15 bits per heavy atom. The van der Waals surface area contributed by atoms with Gasteiger partial charge in [0.15, 0.2) is 5.78 Å². The third-order valence-corrected chi connectivity index (χ3v) is 8.76. The first-order valence-electron chi connectivity index (χ1n) is 12.6. The van der Waals surface area contributed by atoms with Crippen LogP contribution in [0.4, 0.5) is 4.39 Å². The lowest BCUT2D eigenvalue weighted by Gasteiger charge is -2.29. The molecule has 1 unspecified atom stereocenters. The average Bonchev–Trinajstić information content (AvgIpc) is 2.88. The molecule has 1 heterocycles. The van der Waals surface area contributed by atoms with Crippen LogP contribution in [-0.2, 0) is 35.7 Å². The van der Waals surface area contributed by atoms with Gasteiger partial charge in [0.2, 0.25) is 10.9 Å². The number of thiol groups is 1. The second kappa shape index (κ2) is 13.4. The Morgan fingerprint density at radius 2 is 1.80 bits per heavy atom. The van der Waals surface area contributed by atoms with E-state index in [1.807, 2.05) is 27.7 Å². The minimum absolute atomic E-state index is 0.0902. The SMILES string of the molecule is CC[C@H](N[S+]([O-])C(C)(C)C)c1cc(=O)n(C)cc1-c1cc(CCN[SH](=O)=O)c(Cl)cc1C(=O)c1ccc(F)cc1. The van der Waals surface area contributed by atoms with Gasteiger partial charge < -0.3 is 9.12 Å². The Kier molecular flexibility index (Phi) is 10.7. The van der Waals surface area contributed by atoms with Crippen LogP contribution in [0.3, 0.4) is 0 Å². The number of pyridine rings is 1. The van der Waals surface area contributed by atoms with Crippen LogP contribution >= 0.6 is 11.6 Å². The summed E-state index contributed by atoms with van der Waals surface area (Å²) in [5.74, 6) is -0.901. The first-order valence-corrected chi connectivity index (χ1v) is 15.3. The van der Waals surface area contributed by atoms with E-state index in [4.69, 9.17) is 11.6 Å². The van der Waals surface area contributed by atoms with E-state index in [-0.39, 0.29) is 34.7 Å². The summed E-state index contributed by atoms with van der Waals surface area (Å²) in [7, 11) is -1.22. The monoisotopic (exact) mass is 609 g/mol. The second-order valence-corrected chi connectivity index (χ2v) is 13.5. The molecule has 0 spiro atoms. The first kappa shape index (κ1) is 32.0. The number of halogens is 2. The third-order valence-electron chi connectivity index (χ3n) is 6.31. The molecule has 0 radical (unpaired) electrons. The number of hydrogen-bond donors (Lipinski definition) is 3. The van der Waals surface area contributed by atoms with E-state index in [1.54, 1.807) is 19.3 Å². The number of hydrogen-bond acceptors (Lipinski definition) is 6. The van der Waals surface area contributed by atoms with Gasteiger partial charge in [-0.3, -0.25) is 9.59 Å². The molecule has 0 aliphatic rings. The smallest absolute Gasteiger partial charge is 0.250 e. The van der Waals surface area contributed by atoms with Crippen molar-refractivity contribution >= 4 is 39.6 Å². The zero-order valence-corrected chi connectivity index (χ0v) is 25.4. The van der Waals surface area contributed by atoms with E-state index >= 15 is 0 Å². The molecule has 2 aromatic carbocycles. The lowest BCUT2D eigenvalue weighted by atomic mass is 9.88. The summed E-state index contributed by atoms with van der Waals surface area (Å²) in [5, 5.41) is 0.252. The molecule has 1 aromatic heterocycles. The fourth-order valence-electron chi connectivity index (χ4n) is 4.09. The van der Waals surface area contributed by atoms with Crippen LogP contribution in [0.5, 0.6) is 0 Å². The van der Waals surface area contributed by atoms with Crippen molar-refractivity contribution in [3.05, 3.63) is 92.1 Å². The minimum Gasteiger partial charge on any atom is -0.598 e. The number of ketones is 1. The standard InChI is InChI=1S/C28H33ClFN3O5S2/c1-6-25(32-39(36)28(2,3)4)21-15-26(34)33(5)16-23(21)20-13-18(11-12-31-40(37)38)24(29)14-22(20)27(35)17-7-9-19(30)10-8-17/h7-10,13-16,25,32,40H,6,11-12H2,1-5H3,(H,31,37,38)/t25-,39?/m0/s1. The largest absolute Gasteiger partial charge is 0.598 e. The molecule has 8 nitrogen and oxygen atoms in total. The van der Waals surface area contributed by atoms with Gasteiger partial charge in [0.1, 0.15) is 10.6 Å². The van der Waals surface area contributed by atoms with Crippen molar-refractivity contribution in [3.63, 3.8) is 0 Å². The normalized spacial score (nSPS) is 13.4. The Labute approximate surface area is 243 Å². The number of aryl methyl sites for hydroxylation is 1. The van der Waals surface area contributed by atoms with Crippen molar-refractivity contribution in [3.8, 4) is 11.1 Å². The van der Waals surface area contributed by atoms with Crippen molar-refractivity contribution in [2.75, 3.05) is 6.54 Å². The zero-order valence-electron chi connectivity index (χ0n) is 22.9. The molecule has 0 aliphatic heterocycles. The Balaban J connectivity index is 2.28. The fourth-order valence-corrected chi connectivity index (χ4v) is 5.55. The third kappa shape index (κ3) is 7.80. The Bertz CT molecular complexity index is 1510. The van der Waals surface area contributed by atoms with Gasteiger partial charge in [0.05, 0.1) is 6.04 Å². The van der Waals surface area contributed by atoms with Crippen molar-refractivity contribution in [2.45, 2.75) is 51.3 Å². The van der Waals surface area contributed by atoms with Gasteiger partial charge in [0.25, 0.3) is 5.56 Å². The molecule has 2 N–H and O–H groups in total. The highest BCUT2D eigenvalue weighted by molar-refractivity contribution is 7.90. The number of carbonyl (C=O) groups excluding carboxylic acids is 1. The molecule has 0 saturated heterocycles. The second-order valence-electron chi connectivity index (χ2n) is 10.3. The molecule has 3 aromatic rings. The van der Waals surface area contributed by atoms with Crippen LogP contribution in [0, 0.1) is 5.82 Å². The van der Waals surface area contributed by atoms with Gasteiger partial charge in [-0.15, -0.1) is 4.72 Å². The average molecular weight is 610 g/mol. The predicted octanol–water partition coefficient (Wildman–Crippen LogP) is 4.24. The van der Waals surface area contributed by atoms with Crippen molar-refractivity contribution < 1.29 is 22.2 Å². The van der Waals surface area contributed by atoms with Gasteiger partial charge in [-0.2, -0.15) is 0 Å². The molecule has 0 bridgehead atoms. The molecular formula is C28H33ClFN3O5S2. The van der Waals surface area contributed by atoms with E-state index in [1.165, 1.54) is 41.0 Å². The molecule has 0 aliphatic carbocycles. The highest BCUT2D eigenvalue weighted by Crippen LogP contribution is 2.36. The number of rotatable bonds is 11. The first-order chi connectivity index (χ1) is 18.7. The summed E-state index contributed by atoms with van der Waals surface area (Å²) in [5.41, 5.74) is 2.29. The maximum absolute atomic E-state index is 13.7. The molecule has 0 amide bonds. The van der Waals surface area contributed by atoms with Crippen molar-refractivity contribution in [2.24, 2.45) is 7.05 Å². The number of carbonyl (C=O) groups is 1. The van der Waals surface area contributed by atoms with Crippen LogP contribution in [0.25, 0.3) is 11.1 Å². The molecule has 3 rings (SSSR count). The number of nitrogens with zero attached hydrogens (tertiary/aromatic N) is 1. The Hall–Kier alpha value is -2.54. The zero-order chi connectivity index (χ0) is 29.8. The summed E-state index contributed by atoms with van der Waals surface area (Å²) < 4.78 is 55.0. The van der Waals surface area contributed by atoms with Crippen LogP contribution < -0.4 is 15.0 Å². The van der Waals surface area contributed by atoms with E-state index in [0.717, 1.165) is 0 Å². The molecule has 0 saturated carbocycles. The number of aromatic nitrogens is 1. The fraction of sp³-hybridized carbons (Fsp3) is 0.357. The maximum atomic E-state index is 13.7. The number of benzene rings is 2. The summed E-state index contributed by atoms with van der Waals surface area (Å²) >= 11 is 5.11. The Morgan fingerprint density at radius 3 is 2.38 bits per heavy atom. The van der Waals surface area contributed by atoms with Crippen molar-refractivity contribution in [1.29, 1.82) is 0 Å². The van der Waals surface area contributed by atoms with Crippen LogP contribution in [0.2, 0.25) is 5.02 Å². The lowest BCUT2D eigenvalue weighted by Crippen LogP contribution is -2.41.